The molecule has 2 heterocycles. The van der Waals surface area contributed by atoms with Crippen LogP contribution in [0.4, 0.5) is 5.69 Å². The summed E-state index contributed by atoms with van der Waals surface area (Å²) in [6, 6.07) is 14.8. The summed E-state index contributed by atoms with van der Waals surface area (Å²) >= 11 is 5.86. The zero-order chi connectivity index (χ0) is 20.9. The number of anilines is 1. The highest BCUT2D eigenvalue weighted by atomic mass is 35.5. The van der Waals surface area contributed by atoms with Crippen LogP contribution in [-0.2, 0) is 11.3 Å². The van der Waals surface area contributed by atoms with Crippen molar-refractivity contribution < 1.29 is 14.3 Å². The molecule has 0 atom stereocenters. The van der Waals surface area contributed by atoms with Gasteiger partial charge in [-0.05, 0) is 42.0 Å². The van der Waals surface area contributed by atoms with Gasteiger partial charge in [-0.3, -0.25) is 9.69 Å². The van der Waals surface area contributed by atoms with Gasteiger partial charge < -0.3 is 19.7 Å². The molecular formula is C22H21ClN4O3. The lowest BCUT2D eigenvalue weighted by Gasteiger charge is -2.34. The molecule has 154 valence electrons. The fourth-order valence-corrected chi connectivity index (χ4v) is 3.53. The standard InChI is InChI=1S/C22H21ClN4O3/c23-18-2-4-19(5-3-18)25-22(28)17(12-24)14-27-9-7-26(8-10-27)13-16-1-6-20-21(11-16)30-15-29-20/h1-6,11,14H,7-10,13,15H2,(H,25,28)/b17-14-. The van der Waals surface area contributed by atoms with Crippen molar-refractivity contribution in [3.8, 4) is 17.6 Å². The van der Waals surface area contributed by atoms with Crippen LogP contribution in [0, 0.1) is 11.3 Å². The van der Waals surface area contributed by atoms with Crippen LogP contribution in [0.25, 0.3) is 0 Å². The van der Waals surface area contributed by atoms with Crippen LogP contribution < -0.4 is 14.8 Å². The number of halogens is 1. The Bertz CT molecular complexity index is 992. The third-order valence-electron chi connectivity index (χ3n) is 5.03. The van der Waals surface area contributed by atoms with Gasteiger partial charge in [0.05, 0.1) is 0 Å². The van der Waals surface area contributed by atoms with Crippen LogP contribution in [0.5, 0.6) is 11.5 Å². The molecule has 8 heteroatoms. The lowest BCUT2D eigenvalue weighted by Crippen LogP contribution is -2.43. The first-order valence-electron chi connectivity index (χ1n) is 9.64. The number of carbonyl (C=O) groups excluding carboxylic acids is 1. The van der Waals surface area contributed by atoms with Crippen molar-refractivity contribution in [1.29, 1.82) is 5.26 Å². The summed E-state index contributed by atoms with van der Waals surface area (Å²) < 4.78 is 10.8. The third kappa shape index (κ3) is 4.85. The molecule has 2 aromatic carbocycles. The maximum Gasteiger partial charge on any atom is 0.267 e. The normalized spacial score (nSPS) is 16.3. The lowest BCUT2D eigenvalue weighted by atomic mass is 10.1. The number of hydrogen-bond donors (Lipinski definition) is 1. The lowest BCUT2D eigenvalue weighted by molar-refractivity contribution is -0.112. The van der Waals surface area contributed by atoms with E-state index in [1.165, 1.54) is 5.56 Å². The minimum atomic E-state index is -0.428. The molecule has 1 N–H and O–H groups in total. The van der Waals surface area contributed by atoms with E-state index in [1.54, 1.807) is 30.5 Å². The van der Waals surface area contributed by atoms with Gasteiger partial charge in [-0.1, -0.05) is 17.7 Å². The van der Waals surface area contributed by atoms with Gasteiger partial charge in [-0.25, -0.2) is 0 Å². The number of nitriles is 1. The monoisotopic (exact) mass is 424 g/mol. The summed E-state index contributed by atoms with van der Waals surface area (Å²) in [6.07, 6.45) is 1.64. The maximum atomic E-state index is 12.4. The highest BCUT2D eigenvalue weighted by Gasteiger charge is 2.19. The van der Waals surface area contributed by atoms with Gasteiger partial charge in [0.1, 0.15) is 11.6 Å². The Morgan fingerprint density at radius 1 is 1.10 bits per heavy atom. The van der Waals surface area contributed by atoms with Gasteiger partial charge in [0, 0.05) is 49.6 Å². The summed E-state index contributed by atoms with van der Waals surface area (Å²) in [7, 11) is 0. The number of nitrogens with zero attached hydrogens (tertiary/aromatic N) is 3. The largest absolute Gasteiger partial charge is 0.454 e. The maximum absolute atomic E-state index is 12.4. The molecule has 0 aliphatic carbocycles. The first-order valence-corrected chi connectivity index (χ1v) is 10.0. The summed E-state index contributed by atoms with van der Waals surface area (Å²) in [6.45, 7) is 4.24. The first kappa shape index (κ1) is 20.1. The van der Waals surface area contributed by atoms with Crippen LogP contribution in [0.1, 0.15) is 5.56 Å². The molecule has 0 unspecified atom stereocenters. The predicted octanol–water partition coefficient (Wildman–Crippen LogP) is 3.23. The van der Waals surface area contributed by atoms with Crippen LogP contribution in [0.3, 0.4) is 0 Å². The number of carbonyl (C=O) groups is 1. The molecule has 7 nitrogen and oxygen atoms in total. The van der Waals surface area contributed by atoms with E-state index in [9.17, 15) is 10.1 Å². The van der Waals surface area contributed by atoms with Crippen LogP contribution in [0.15, 0.2) is 54.2 Å². The van der Waals surface area contributed by atoms with Crippen molar-refractivity contribution in [2.75, 3.05) is 38.3 Å². The number of piperazine rings is 1. The van der Waals surface area contributed by atoms with Crippen LogP contribution in [0.2, 0.25) is 5.02 Å². The fourth-order valence-electron chi connectivity index (χ4n) is 3.40. The van der Waals surface area contributed by atoms with Gasteiger partial charge in [0.2, 0.25) is 6.79 Å². The second kappa shape index (κ2) is 9.08. The second-order valence-electron chi connectivity index (χ2n) is 7.12. The predicted molar refractivity (Wildman–Crippen MR) is 113 cm³/mol. The van der Waals surface area contributed by atoms with Crippen molar-refractivity contribution in [3.05, 3.63) is 64.8 Å². The Hall–Kier alpha value is -3.21. The second-order valence-corrected chi connectivity index (χ2v) is 7.55. The van der Waals surface area contributed by atoms with Crippen molar-refractivity contribution in [2.45, 2.75) is 6.54 Å². The Balaban J connectivity index is 1.31. The molecule has 2 aliphatic rings. The summed E-state index contributed by atoms with van der Waals surface area (Å²) in [5.74, 6) is 1.15. The minimum absolute atomic E-state index is 0.0779. The number of ether oxygens (including phenoxy) is 2. The van der Waals surface area contributed by atoms with Gasteiger partial charge in [-0.15, -0.1) is 0 Å². The van der Waals surface area contributed by atoms with E-state index in [0.717, 1.165) is 44.2 Å². The Labute approximate surface area is 180 Å². The van der Waals surface area contributed by atoms with E-state index in [2.05, 4.69) is 16.3 Å². The molecule has 0 radical (unpaired) electrons. The molecular weight excluding hydrogens is 404 g/mol. The smallest absolute Gasteiger partial charge is 0.267 e. The van der Waals surface area contributed by atoms with Crippen molar-refractivity contribution >= 4 is 23.2 Å². The number of amides is 1. The van der Waals surface area contributed by atoms with Crippen molar-refractivity contribution in [1.82, 2.24) is 9.80 Å². The minimum Gasteiger partial charge on any atom is -0.454 e. The van der Waals surface area contributed by atoms with Gasteiger partial charge in [-0.2, -0.15) is 5.26 Å². The van der Waals surface area contributed by atoms with E-state index in [1.807, 2.05) is 23.1 Å². The number of hydrogen-bond acceptors (Lipinski definition) is 6. The molecule has 4 rings (SSSR count). The molecule has 0 bridgehead atoms. The highest BCUT2D eigenvalue weighted by Crippen LogP contribution is 2.32. The number of fused-ring (bicyclic) bond motifs is 1. The average Bonchev–Trinajstić information content (AvgIpc) is 3.22. The zero-order valence-corrected chi connectivity index (χ0v) is 17.1. The quantitative estimate of drug-likeness (QED) is 0.586. The number of benzene rings is 2. The fraction of sp³-hybridized carbons (Fsp3) is 0.273. The topological polar surface area (TPSA) is 77.8 Å². The molecule has 1 saturated heterocycles. The number of nitrogens with one attached hydrogen (secondary N) is 1. The van der Waals surface area contributed by atoms with E-state index >= 15 is 0 Å². The van der Waals surface area contributed by atoms with Crippen molar-refractivity contribution in [2.24, 2.45) is 0 Å². The summed E-state index contributed by atoms with van der Waals surface area (Å²) in [5.41, 5.74) is 1.84. The molecule has 0 aromatic heterocycles. The summed E-state index contributed by atoms with van der Waals surface area (Å²) in [4.78, 5) is 16.8. The molecule has 1 fully saturated rings. The molecule has 0 spiro atoms. The molecule has 0 saturated carbocycles. The first-order chi connectivity index (χ1) is 14.6. The van der Waals surface area contributed by atoms with Gasteiger partial charge in [0.15, 0.2) is 11.5 Å². The zero-order valence-electron chi connectivity index (χ0n) is 16.3. The Kier molecular flexibility index (Phi) is 6.07. The van der Waals surface area contributed by atoms with E-state index < -0.39 is 5.91 Å². The molecule has 2 aromatic rings. The van der Waals surface area contributed by atoms with Crippen LogP contribution >= 0.6 is 11.6 Å². The highest BCUT2D eigenvalue weighted by molar-refractivity contribution is 6.30. The van der Waals surface area contributed by atoms with E-state index in [-0.39, 0.29) is 12.4 Å². The SMILES string of the molecule is N#C/C(=C/N1CCN(Cc2ccc3c(c2)OCO3)CC1)C(=O)Nc1ccc(Cl)cc1. The van der Waals surface area contributed by atoms with Crippen LogP contribution in [-0.4, -0.2) is 48.7 Å². The van der Waals surface area contributed by atoms with E-state index in [0.29, 0.717) is 10.7 Å². The molecule has 1 amide bonds. The van der Waals surface area contributed by atoms with Gasteiger partial charge in [0.25, 0.3) is 5.91 Å². The number of rotatable bonds is 5. The van der Waals surface area contributed by atoms with Gasteiger partial charge >= 0.3 is 0 Å². The van der Waals surface area contributed by atoms with Crippen molar-refractivity contribution in [3.63, 3.8) is 0 Å². The Morgan fingerprint density at radius 3 is 2.57 bits per heavy atom. The summed E-state index contributed by atoms with van der Waals surface area (Å²) in [5, 5.41) is 12.7. The average molecular weight is 425 g/mol. The molecule has 2 aliphatic heterocycles. The molecule has 30 heavy (non-hydrogen) atoms. The third-order valence-corrected chi connectivity index (χ3v) is 5.28. The Morgan fingerprint density at radius 2 is 1.83 bits per heavy atom. The van der Waals surface area contributed by atoms with E-state index in [4.69, 9.17) is 21.1 Å².